The van der Waals surface area contributed by atoms with Gasteiger partial charge in [-0.3, -0.25) is 19.6 Å². The summed E-state index contributed by atoms with van der Waals surface area (Å²) in [6, 6.07) is 18.2. The number of sulfonamides is 1. The van der Waals surface area contributed by atoms with E-state index in [4.69, 9.17) is 0 Å². The number of nitrogens with one attached hydrogen (secondary N) is 2. The average molecular weight is 441 g/mol. The largest absolute Gasteiger partial charge is 0.502 e. The standard InChI is InChI=1S/C21H19N3O6S/c25-20-11-10-18(14-19(20)24(27)28)31(29,30)23-17-8-6-16(7-9-17)21(26)22-13-12-15-4-2-1-3-5-15/h1-11,14,23,25H,12-13H2,(H,22,26). The Kier molecular flexibility index (Phi) is 6.51. The zero-order valence-corrected chi connectivity index (χ0v) is 17.0. The number of aromatic hydroxyl groups is 1. The minimum absolute atomic E-state index is 0.177. The van der Waals surface area contributed by atoms with Crippen LogP contribution in [0.5, 0.6) is 5.75 Å². The third-order valence-corrected chi connectivity index (χ3v) is 5.77. The lowest BCUT2D eigenvalue weighted by molar-refractivity contribution is -0.386. The highest BCUT2D eigenvalue weighted by Gasteiger charge is 2.21. The number of nitro benzene ring substituents is 1. The van der Waals surface area contributed by atoms with Crippen molar-refractivity contribution >= 4 is 27.3 Å². The number of anilines is 1. The highest BCUT2D eigenvalue weighted by Crippen LogP contribution is 2.29. The molecule has 31 heavy (non-hydrogen) atoms. The van der Waals surface area contributed by atoms with E-state index >= 15 is 0 Å². The maximum Gasteiger partial charge on any atom is 0.312 e. The number of phenolic OH excluding ortho intramolecular Hbond substituents is 1. The molecule has 0 saturated carbocycles. The molecular formula is C21H19N3O6S. The second-order valence-corrected chi connectivity index (χ2v) is 8.26. The van der Waals surface area contributed by atoms with Crippen molar-refractivity contribution in [3.63, 3.8) is 0 Å². The number of hydrogen-bond donors (Lipinski definition) is 3. The molecule has 0 aliphatic rings. The van der Waals surface area contributed by atoms with Crippen LogP contribution < -0.4 is 10.0 Å². The molecule has 3 aromatic carbocycles. The lowest BCUT2D eigenvalue weighted by Gasteiger charge is -2.10. The summed E-state index contributed by atoms with van der Waals surface area (Å²) >= 11 is 0. The highest BCUT2D eigenvalue weighted by molar-refractivity contribution is 7.92. The first-order valence-electron chi connectivity index (χ1n) is 9.19. The topological polar surface area (TPSA) is 139 Å². The van der Waals surface area contributed by atoms with Crippen molar-refractivity contribution in [3.05, 3.63) is 94.0 Å². The summed E-state index contributed by atoms with van der Waals surface area (Å²) in [6.07, 6.45) is 0.684. The van der Waals surface area contributed by atoms with Gasteiger partial charge in [-0.1, -0.05) is 30.3 Å². The molecule has 1 amide bonds. The maximum atomic E-state index is 12.5. The summed E-state index contributed by atoms with van der Waals surface area (Å²) < 4.78 is 27.3. The second-order valence-electron chi connectivity index (χ2n) is 6.58. The van der Waals surface area contributed by atoms with Crippen molar-refractivity contribution in [2.75, 3.05) is 11.3 Å². The monoisotopic (exact) mass is 441 g/mol. The molecule has 160 valence electrons. The molecule has 0 heterocycles. The molecule has 3 aromatic rings. The fourth-order valence-corrected chi connectivity index (χ4v) is 3.87. The molecule has 3 N–H and O–H groups in total. The normalized spacial score (nSPS) is 11.0. The third-order valence-electron chi connectivity index (χ3n) is 4.40. The molecule has 9 nitrogen and oxygen atoms in total. The number of carbonyl (C=O) groups is 1. The zero-order valence-electron chi connectivity index (χ0n) is 16.2. The molecular weight excluding hydrogens is 422 g/mol. The second kappa shape index (κ2) is 9.26. The van der Waals surface area contributed by atoms with E-state index in [2.05, 4.69) is 10.0 Å². The van der Waals surface area contributed by atoms with Gasteiger partial charge in [0, 0.05) is 23.9 Å². The molecule has 0 aliphatic carbocycles. The van der Waals surface area contributed by atoms with Crippen LogP contribution in [-0.2, 0) is 16.4 Å². The van der Waals surface area contributed by atoms with Gasteiger partial charge in [0.15, 0.2) is 5.75 Å². The van der Waals surface area contributed by atoms with Gasteiger partial charge in [-0.25, -0.2) is 8.42 Å². The minimum atomic E-state index is -4.13. The smallest absolute Gasteiger partial charge is 0.312 e. The first-order chi connectivity index (χ1) is 14.8. The molecule has 0 bridgehead atoms. The van der Waals surface area contributed by atoms with Gasteiger partial charge in [-0.2, -0.15) is 0 Å². The maximum absolute atomic E-state index is 12.5. The molecule has 0 fully saturated rings. The van der Waals surface area contributed by atoms with Crippen LogP contribution in [0.25, 0.3) is 0 Å². The molecule has 0 aliphatic heterocycles. The van der Waals surface area contributed by atoms with Crippen LogP contribution >= 0.6 is 0 Å². The van der Waals surface area contributed by atoms with E-state index in [1.807, 2.05) is 30.3 Å². The number of amides is 1. The van der Waals surface area contributed by atoms with E-state index in [1.165, 1.54) is 24.3 Å². The van der Waals surface area contributed by atoms with Gasteiger partial charge in [0.05, 0.1) is 9.82 Å². The average Bonchev–Trinajstić information content (AvgIpc) is 2.74. The number of carbonyl (C=O) groups excluding carboxylic acids is 1. The van der Waals surface area contributed by atoms with Crippen molar-refractivity contribution in [2.45, 2.75) is 11.3 Å². The summed E-state index contributed by atoms with van der Waals surface area (Å²) in [5.41, 5.74) is 0.917. The summed E-state index contributed by atoms with van der Waals surface area (Å²) in [5, 5.41) is 23.2. The quantitative estimate of drug-likeness (QED) is 0.363. The Morgan fingerprint density at radius 2 is 1.68 bits per heavy atom. The SMILES string of the molecule is O=C(NCCc1ccccc1)c1ccc(NS(=O)(=O)c2ccc(O)c([N+](=O)[O-])c2)cc1. The predicted octanol–water partition coefficient (Wildman–Crippen LogP) is 3.07. The van der Waals surface area contributed by atoms with Crippen LogP contribution in [0.2, 0.25) is 0 Å². The van der Waals surface area contributed by atoms with Gasteiger partial charge < -0.3 is 10.4 Å². The molecule has 0 unspecified atom stereocenters. The Morgan fingerprint density at radius 1 is 1.00 bits per heavy atom. The van der Waals surface area contributed by atoms with Crippen molar-refractivity contribution < 1.29 is 23.2 Å². The van der Waals surface area contributed by atoms with E-state index in [9.17, 15) is 28.4 Å². The lowest BCUT2D eigenvalue weighted by Crippen LogP contribution is -2.25. The van der Waals surface area contributed by atoms with Gasteiger partial charge in [0.1, 0.15) is 0 Å². The molecule has 0 aromatic heterocycles. The van der Waals surface area contributed by atoms with Crippen molar-refractivity contribution in [1.29, 1.82) is 0 Å². The predicted molar refractivity (Wildman–Crippen MR) is 114 cm³/mol. The Bertz CT molecular complexity index is 1200. The van der Waals surface area contributed by atoms with Gasteiger partial charge in [0.2, 0.25) is 0 Å². The number of hydrogen-bond acceptors (Lipinski definition) is 6. The fraction of sp³-hybridized carbons (Fsp3) is 0.0952. The number of phenols is 1. The van der Waals surface area contributed by atoms with Crippen molar-refractivity contribution in [1.82, 2.24) is 5.32 Å². The van der Waals surface area contributed by atoms with Crippen LogP contribution in [0.15, 0.2) is 77.7 Å². The Hall–Kier alpha value is -3.92. The van der Waals surface area contributed by atoms with Crippen LogP contribution in [0.1, 0.15) is 15.9 Å². The van der Waals surface area contributed by atoms with E-state index in [1.54, 1.807) is 0 Å². The first kappa shape index (κ1) is 21.8. The highest BCUT2D eigenvalue weighted by atomic mass is 32.2. The molecule has 10 heteroatoms. The molecule has 0 spiro atoms. The van der Waals surface area contributed by atoms with E-state index in [-0.39, 0.29) is 16.5 Å². The number of nitro groups is 1. The fourth-order valence-electron chi connectivity index (χ4n) is 2.79. The summed E-state index contributed by atoms with van der Waals surface area (Å²) in [4.78, 5) is 21.9. The number of benzene rings is 3. The van der Waals surface area contributed by atoms with Gasteiger partial charge in [-0.05, 0) is 48.4 Å². The third kappa shape index (κ3) is 5.58. The number of nitrogens with zero attached hydrogens (tertiary/aromatic N) is 1. The van der Waals surface area contributed by atoms with Crippen molar-refractivity contribution in [3.8, 4) is 5.75 Å². The van der Waals surface area contributed by atoms with Crippen LogP contribution in [0, 0.1) is 10.1 Å². The van der Waals surface area contributed by atoms with Gasteiger partial charge >= 0.3 is 5.69 Å². The van der Waals surface area contributed by atoms with Gasteiger partial charge in [-0.15, -0.1) is 0 Å². The first-order valence-corrected chi connectivity index (χ1v) is 10.7. The lowest BCUT2D eigenvalue weighted by atomic mass is 10.1. The van der Waals surface area contributed by atoms with Crippen LogP contribution in [0.3, 0.4) is 0 Å². The van der Waals surface area contributed by atoms with E-state index < -0.39 is 26.4 Å². The Labute approximate surface area is 178 Å². The zero-order chi connectivity index (χ0) is 22.4. The van der Waals surface area contributed by atoms with Gasteiger partial charge in [0.25, 0.3) is 15.9 Å². The molecule has 0 saturated heterocycles. The Balaban J connectivity index is 1.64. The van der Waals surface area contributed by atoms with Crippen LogP contribution in [-0.4, -0.2) is 30.9 Å². The summed E-state index contributed by atoms with van der Waals surface area (Å²) in [7, 11) is -4.13. The minimum Gasteiger partial charge on any atom is -0.502 e. The van der Waals surface area contributed by atoms with Crippen molar-refractivity contribution in [2.24, 2.45) is 0 Å². The Morgan fingerprint density at radius 3 is 2.32 bits per heavy atom. The molecule has 0 radical (unpaired) electrons. The van der Waals surface area contributed by atoms with E-state index in [0.717, 1.165) is 23.8 Å². The summed E-state index contributed by atoms with van der Waals surface area (Å²) in [5.74, 6) is -0.925. The summed E-state index contributed by atoms with van der Waals surface area (Å²) in [6.45, 7) is 0.455. The molecule has 3 rings (SSSR count). The van der Waals surface area contributed by atoms with Crippen LogP contribution in [0.4, 0.5) is 11.4 Å². The molecule has 0 atom stereocenters. The van der Waals surface area contributed by atoms with E-state index in [0.29, 0.717) is 18.5 Å². The number of rotatable bonds is 8.